The first-order chi connectivity index (χ1) is 14.1. The Morgan fingerprint density at radius 2 is 1.73 bits per heavy atom. The van der Waals surface area contributed by atoms with Crippen LogP contribution in [0.4, 0.5) is 32.0 Å². The lowest BCUT2D eigenvalue weighted by molar-refractivity contribution is -0.274. The summed E-state index contributed by atoms with van der Waals surface area (Å²) in [5.74, 6) is -5.84. The number of anilines is 1. The van der Waals surface area contributed by atoms with Crippen molar-refractivity contribution in [1.29, 1.82) is 0 Å². The number of nitrogens with zero attached hydrogens (tertiary/aromatic N) is 1. The lowest BCUT2D eigenvalue weighted by Crippen LogP contribution is -2.41. The van der Waals surface area contributed by atoms with Gasteiger partial charge in [-0.25, -0.2) is 13.2 Å². The second-order valence-electron chi connectivity index (χ2n) is 5.71. The lowest BCUT2D eigenvalue weighted by atomic mass is 10.2. The molecule has 2 rings (SSSR count). The highest BCUT2D eigenvalue weighted by Gasteiger charge is 2.31. The first-order valence-electron chi connectivity index (χ1n) is 8.32. The third-order valence-corrected chi connectivity index (χ3v) is 3.59. The maximum Gasteiger partial charge on any atom is 0.573 e. The van der Waals surface area contributed by atoms with Crippen LogP contribution in [0.25, 0.3) is 0 Å². The summed E-state index contributed by atoms with van der Waals surface area (Å²) in [6.07, 6.45) is -4.86. The monoisotopic (exact) mass is 434 g/mol. The Morgan fingerprint density at radius 3 is 2.40 bits per heavy atom. The first kappa shape index (κ1) is 22.8. The van der Waals surface area contributed by atoms with E-state index in [1.54, 1.807) is 0 Å². The smallest absolute Gasteiger partial charge is 0.405 e. The third-order valence-electron chi connectivity index (χ3n) is 3.59. The second kappa shape index (κ2) is 9.85. The first-order valence-corrected chi connectivity index (χ1v) is 8.32. The molecule has 3 N–H and O–H groups in total. The van der Waals surface area contributed by atoms with Crippen LogP contribution in [0.5, 0.6) is 5.75 Å². The molecule has 162 valence electrons. The fourth-order valence-electron chi connectivity index (χ4n) is 2.25. The molecule has 0 fully saturated rings. The summed E-state index contributed by atoms with van der Waals surface area (Å²) in [6.45, 7) is -0.565. The number of aliphatic imine (C=N–C) groups is 1. The number of carbonyl (C=O) groups is 1. The van der Waals surface area contributed by atoms with Gasteiger partial charge in [0.2, 0.25) is 5.91 Å². The Hall–Kier alpha value is -3.44. The SMILES string of the molecule is CN=C(NCC(=O)Nc1ccc(F)c(F)c1F)NCc1ccccc1OC(F)(F)F. The van der Waals surface area contributed by atoms with Crippen molar-refractivity contribution in [2.24, 2.45) is 4.99 Å². The van der Waals surface area contributed by atoms with Gasteiger partial charge in [-0.05, 0) is 18.2 Å². The number of ether oxygens (including phenoxy) is 1. The number of rotatable bonds is 6. The fraction of sp³-hybridized carbons (Fsp3) is 0.222. The van der Waals surface area contributed by atoms with Crippen LogP contribution in [0.2, 0.25) is 0 Å². The highest BCUT2D eigenvalue weighted by molar-refractivity contribution is 5.95. The Kier molecular flexibility index (Phi) is 7.50. The largest absolute Gasteiger partial charge is 0.573 e. The van der Waals surface area contributed by atoms with Gasteiger partial charge in [0, 0.05) is 19.2 Å². The number of halogens is 6. The number of hydrogen-bond donors (Lipinski definition) is 3. The molecule has 1 amide bonds. The molecule has 12 heteroatoms. The molecule has 2 aromatic carbocycles. The van der Waals surface area contributed by atoms with Gasteiger partial charge in [-0.2, -0.15) is 0 Å². The maximum atomic E-state index is 13.6. The molecule has 6 nitrogen and oxygen atoms in total. The number of guanidine groups is 1. The van der Waals surface area contributed by atoms with Gasteiger partial charge in [0.25, 0.3) is 0 Å². The van der Waals surface area contributed by atoms with E-state index in [1.807, 2.05) is 0 Å². The van der Waals surface area contributed by atoms with Crippen molar-refractivity contribution < 1.29 is 35.9 Å². The summed E-state index contributed by atoms with van der Waals surface area (Å²) in [5, 5.41) is 7.29. The molecule has 0 atom stereocenters. The van der Waals surface area contributed by atoms with Gasteiger partial charge in [-0.15, -0.1) is 13.2 Å². The number of carbonyl (C=O) groups excluding carboxylic acids is 1. The standard InChI is InChI=1S/C18H16F6N4O2/c1-25-17(26-8-10-4-2-3-5-13(10)30-18(22,23)24)27-9-14(29)28-12-7-6-11(19)15(20)16(12)21/h2-7H,8-9H2,1H3,(H,28,29)(H2,25,26,27). The molecule has 0 saturated heterocycles. The molecule has 0 saturated carbocycles. The van der Waals surface area contributed by atoms with E-state index in [0.29, 0.717) is 6.07 Å². The predicted octanol–water partition coefficient (Wildman–Crippen LogP) is 3.31. The minimum absolute atomic E-state index is 0.0396. The summed E-state index contributed by atoms with van der Waals surface area (Å²) < 4.78 is 81.0. The average molecular weight is 434 g/mol. The van der Waals surface area contributed by atoms with Crippen molar-refractivity contribution >= 4 is 17.6 Å². The van der Waals surface area contributed by atoms with E-state index in [1.165, 1.54) is 25.2 Å². The zero-order valence-electron chi connectivity index (χ0n) is 15.4. The Balaban J connectivity index is 1.92. The van der Waals surface area contributed by atoms with Gasteiger partial charge in [0.15, 0.2) is 23.4 Å². The summed E-state index contributed by atoms with van der Waals surface area (Å²) in [5.41, 5.74) is -0.382. The second-order valence-corrected chi connectivity index (χ2v) is 5.71. The highest BCUT2D eigenvalue weighted by atomic mass is 19.4. The van der Waals surface area contributed by atoms with Crippen LogP contribution in [0.3, 0.4) is 0 Å². The zero-order valence-corrected chi connectivity index (χ0v) is 15.4. The maximum absolute atomic E-state index is 13.6. The van der Waals surface area contributed by atoms with Crippen LogP contribution in [-0.2, 0) is 11.3 Å². The molecule has 0 spiro atoms. The van der Waals surface area contributed by atoms with Crippen molar-refractivity contribution in [3.05, 3.63) is 59.4 Å². The summed E-state index contributed by atoms with van der Waals surface area (Å²) >= 11 is 0. The average Bonchev–Trinajstić information content (AvgIpc) is 2.68. The quantitative estimate of drug-likeness (QED) is 0.282. The molecule has 0 radical (unpaired) electrons. The number of amides is 1. The van der Waals surface area contributed by atoms with Crippen molar-refractivity contribution in [3.63, 3.8) is 0 Å². The van der Waals surface area contributed by atoms with Gasteiger partial charge >= 0.3 is 6.36 Å². The van der Waals surface area contributed by atoms with Gasteiger partial charge in [0.05, 0.1) is 12.2 Å². The molecule has 0 heterocycles. The van der Waals surface area contributed by atoms with Crippen molar-refractivity contribution in [2.45, 2.75) is 12.9 Å². The van der Waals surface area contributed by atoms with E-state index >= 15 is 0 Å². The Labute approximate surface area is 166 Å². The Morgan fingerprint density at radius 1 is 1.03 bits per heavy atom. The topological polar surface area (TPSA) is 74.8 Å². The van der Waals surface area contributed by atoms with E-state index in [-0.39, 0.29) is 18.1 Å². The van der Waals surface area contributed by atoms with Gasteiger partial charge in [0.1, 0.15) is 5.75 Å². The molecule has 30 heavy (non-hydrogen) atoms. The van der Waals surface area contributed by atoms with Crippen molar-refractivity contribution in [1.82, 2.24) is 10.6 Å². The molecule has 0 aromatic heterocycles. The molecular weight excluding hydrogens is 418 g/mol. The van der Waals surface area contributed by atoms with Crippen LogP contribution in [0.1, 0.15) is 5.56 Å². The predicted molar refractivity (Wildman–Crippen MR) is 96.3 cm³/mol. The van der Waals surface area contributed by atoms with Crippen LogP contribution < -0.4 is 20.7 Å². The number of benzene rings is 2. The summed E-state index contributed by atoms with van der Waals surface area (Å²) in [7, 11) is 1.35. The Bertz CT molecular complexity index is 933. The third kappa shape index (κ3) is 6.57. The minimum atomic E-state index is -4.86. The number of alkyl halides is 3. The molecule has 0 bridgehead atoms. The van der Waals surface area contributed by atoms with Crippen LogP contribution in [-0.4, -0.2) is 31.8 Å². The molecule has 0 aliphatic rings. The molecule has 0 aliphatic heterocycles. The van der Waals surface area contributed by atoms with E-state index in [2.05, 4.69) is 25.7 Å². The van der Waals surface area contributed by atoms with Crippen LogP contribution in [0.15, 0.2) is 41.4 Å². The number of para-hydroxylation sites is 1. The van der Waals surface area contributed by atoms with E-state index in [9.17, 15) is 31.1 Å². The zero-order chi connectivity index (χ0) is 22.3. The number of nitrogens with one attached hydrogen (secondary N) is 3. The molecular formula is C18H16F6N4O2. The highest BCUT2D eigenvalue weighted by Crippen LogP contribution is 2.26. The van der Waals surface area contributed by atoms with Gasteiger partial charge in [-0.1, -0.05) is 18.2 Å². The van der Waals surface area contributed by atoms with Crippen molar-refractivity contribution in [3.8, 4) is 5.75 Å². The van der Waals surface area contributed by atoms with Gasteiger partial charge < -0.3 is 20.7 Å². The van der Waals surface area contributed by atoms with Crippen LogP contribution in [0, 0.1) is 17.5 Å². The molecule has 0 unspecified atom stereocenters. The van der Waals surface area contributed by atoms with E-state index in [4.69, 9.17) is 0 Å². The molecule has 0 aliphatic carbocycles. The van der Waals surface area contributed by atoms with Crippen LogP contribution >= 0.6 is 0 Å². The van der Waals surface area contributed by atoms with E-state index < -0.39 is 47.7 Å². The summed E-state index contributed by atoms with van der Waals surface area (Å²) in [6, 6.07) is 6.95. The van der Waals surface area contributed by atoms with Gasteiger partial charge in [-0.3, -0.25) is 9.79 Å². The molecule has 2 aromatic rings. The normalized spacial score (nSPS) is 11.8. The fourth-order valence-corrected chi connectivity index (χ4v) is 2.25. The van der Waals surface area contributed by atoms with E-state index in [0.717, 1.165) is 12.1 Å². The van der Waals surface area contributed by atoms with Crippen molar-refractivity contribution in [2.75, 3.05) is 18.9 Å². The number of hydrogen-bond acceptors (Lipinski definition) is 3. The summed E-state index contributed by atoms with van der Waals surface area (Å²) in [4.78, 5) is 15.7. The minimum Gasteiger partial charge on any atom is -0.405 e. The lowest BCUT2D eigenvalue weighted by Gasteiger charge is -2.15.